The highest BCUT2D eigenvalue weighted by Gasteiger charge is 2.25. The number of hydrogen-bond donors (Lipinski definition) is 6. The van der Waals surface area contributed by atoms with Crippen LogP contribution in [0.25, 0.3) is 0 Å². The van der Waals surface area contributed by atoms with Gasteiger partial charge in [-0.2, -0.15) is 0 Å². The maximum absolute atomic E-state index is 13.0. The quantitative estimate of drug-likeness (QED) is 0.105. The Morgan fingerprint density at radius 3 is 2.12 bits per heavy atom. The summed E-state index contributed by atoms with van der Waals surface area (Å²) in [6.07, 6.45) is 4.42. The third-order valence-electron chi connectivity index (χ3n) is 6.26. The molecule has 12 nitrogen and oxygen atoms in total. The maximum atomic E-state index is 13.0. The van der Waals surface area contributed by atoms with E-state index in [2.05, 4.69) is 20.3 Å². The van der Waals surface area contributed by atoms with Gasteiger partial charge in [0.15, 0.2) is 0 Å². The first-order valence-corrected chi connectivity index (χ1v) is 14.8. The van der Waals surface area contributed by atoms with Crippen LogP contribution in [0.15, 0.2) is 73.1 Å². The van der Waals surface area contributed by atoms with Crippen LogP contribution in [-0.2, 0) is 49.5 Å². The highest BCUT2D eigenvalue weighted by Crippen LogP contribution is 2.12. The van der Waals surface area contributed by atoms with Gasteiger partial charge in [-0.15, -0.1) is 0 Å². The molecule has 0 saturated carbocycles. The Kier molecular flexibility index (Phi) is 11.7. The van der Waals surface area contributed by atoms with Gasteiger partial charge in [0, 0.05) is 24.5 Å². The summed E-state index contributed by atoms with van der Waals surface area (Å²) in [6, 6.07) is 15.5. The van der Waals surface area contributed by atoms with Crippen LogP contribution < -0.4 is 21.1 Å². The van der Waals surface area contributed by atoms with Gasteiger partial charge < -0.3 is 21.5 Å². The fraction of sp³-hybridized carbons (Fsp3) is 0.276. The van der Waals surface area contributed by atoms with E-state index in [0.29, 0.717) is 29.5 Å². The van der Waals surface area contributed by atoms with Crippen LogP contribution in [0.4, 0.5) is 0 Å². The third-order valence-corrected chi connectivity index (χ3v) is 7.62. The summed E-state index contributed by atoms with van der Waals surface area (Å²) in [5, 5.41) is 21.6. The number of aryl methyl sites for hydroxylation is 1. The average molecular weight is 595 g/mol. The Bertz CT molecular complexity index is 1480. The molecule has 0 fully saturated rings. The number of nitrogens with zero attached hydrogens (tertiary/aromatic N) is 1. The van der Waals surface area contributed by atoms with Gasteiger partial charge in [0.25, 0.3) is 0 Å². The fourth-order valence-corrected chi connectivity index (χ4v) is 5.44. The fourth-order valence-electron chi connectivity index (χ4n) is 4.06. The van der Waals surface area contributed by atoms with Crippen molar-refractivity contribution in [3.05, 3.63) is 101 Å². The van der Waals surface area contributed by atoms with E-state index in [4.69, 9.17) is 16.2 Å². The molecule has 3 rings (SSSR count). The molecule has 222 valence electrons. The number of sulfonamides is 1. The molecular formula is C29H34N6O6S. The van der Waals surface area contributed by atoms with Crippen molar-refractivity contribution >= 4 is 33.6 Å². The number of rotatable bonds is 16. The predicted molar refractivity (Wildman–Crippen MR) is 157 cm³/mol. The molecule has 0 aliphatic rings. The lowest BCUT2D eigenvalue weighted by Crippen LogP contribution is -2.49. The van der Waals surface area contributed by atoms with Crippen molar-refractivity contribution in [2.75, 3.05) is 6.54 Å². The highest BCUT2D eigenvalue weighted by atomic mass is 32.2. The number of nitrogen functional groups attached to an aromatic ring is 1. The van der Waals surface area contributed by atoms with Crippen molar-refractivity contribution in [2.45, 2.75) is 44.0 Å². The van der Waals surface area contributed by atoms with Crippen LogP contribution >= 0.6 is 0 Å². The zero-order valence-corrected chi connectivity index (χ0v) is 23.7. The van der Waals surface area contributed by atoms with Crippen molar-refractivity contribution < 1.29 is 27.9 Å². The summed E-state index contributed by atoms with van der Waals surface area (Å²) in [5.41, 5.74) is 8.74. The molecule has 1 heterocycles. The summed E-state index contributed by atoms with van der Waals surface area (Å²) >= 11 is 0. The van der Waals surface area contributed by atoms with Crippen molar-refractivity contribution in [1.29, 1.82) is 5.41 Å². The number of pyridine rings is 1. The van der Waals surface area contributed by atoms with E-state index in [1.807, 2.05) is 12.1 Å². The molecule has 0 spiro atoms. The van der Waals surface area contributed by atoms with E-state index in [9.17, 15) is 22.8 Å². The number of carboxylic acids is 1. The minimum Gasteiger partial charge on any atom is -0.481 e. The topological polar surface area (TPSA) is 204 Å². The molecule has 3 aromatic rings. The molecule has 1 atom stereocenters. The Labute approximate surface area is 244 Å². The van der Waals surface area contributed by atoms with Gasteiger partial charge in [-0.05, 0) is 53.6 Å². The van der Waals surface area contributed by atoms with Gasteiger partial charge in [0.05, 0.1) is 18.7 Å². The SMILES string of the molecule is N=C(N)c1ccc(CNC(=O)CNC(=O)[C@@H](CCCc2ccncc2)NS(=O)(=O)Cc2ccc(CC(=O)O)cc2)cc1. The summed E-state index contributed by atoms with van der Waals surface area (Å²) in [4.78, 5) is 40.3. The number of carbonyl (C=O) groups excluding carboxylic acids is 2. The Morgan fingerprint density at radius 1 is 0.881 bits per heavy atom. The number of aromatic nitrogens is 1. The lowest BCUT2D eigenvalue weighted by Gasteiger charge is -2.19. The average Bonchev–Trinajstić information content (AvgIpc) is 2.95. The Morgan fingerprint density at radius 2 is 1.50 bits per heavy atom. The molecule has 0 aliphatic heterocycles. The highest BCUT2D eigenvalue weighted by molar-refractivity contribution is 7.88. The number of nitrogens with two attached hydrogens (primary N) is 1. The standard InChI is InChI=1S/C29H34N6O6S/c30-28(31)24-10-8-22(9-11-24)17-33-26(36)18-34-29(39)25(3-1-2-20-12-14-32-15-13-20)35-42(40,41)19-23-6-4-21(5-7-23)16-27(37)38/h4-15,25,35H,1-3,16-19H2,(H3,30,31)(H,33,36)(H,34,39)(H,37,38)/t25-/m1/s1. The molecule has 0 radical (unpaired) electrons. The number of benzene rings is 2. The lowest BCUT2D eigenvalue weighted by atomic mass is 10.1. The summed E-state index contributed by atoms with van der Waals surface area (Å²) in [7, 11) is -3.97. The largest absolute Gasteiger partial charge is 0.481 e. The number of amidine groups is 1. The van der Waals surface area contributed by atoms with E-state index in [1.54, 1.807) is 48.8 Å². The minimum atomic E-state index is -3.97. The number of aliphatic carboxylic acids is 1. The van der Waals surface area contributed by atoms with Gasteiger partial charge in [-0.25, -0.2) is 13.1 Å². The zero-order valence-electron chi connectivity index (χ0n) is 22.9. The number of carboxylic acid groups (broad SMARTS) is 1. The van der Waals surface area contributed by atoms with E-state index in [1.165, 1.54) is 12.1 Å². The Hall–Kier alpha value is -4.62. The van der Waals surface area contributed by atoms with Crippen LogP contribution in [0.5, 0.6) is 0 Å². The van der Waals surface area contributed by atoms with Crippen molar-refractivity contribution in [2.24, 2.45) is 5.73 Å². The molecule has 1 aromatic heterocycles. The summed E-state index contributed by atoms with van der Waals surface area (Å²) < 4.78 is 28.4. The second-order valence-corrected chi connectivity index (χ2v) is 11.4. The van der Waals surface area contributed by atoms with E-state index < -0.39 is 39.6 Å². The molecule has 13 heteroatoms. The minimum absolute atomic E-state index is 0.0621. The van der Waals surface area contributed by atoms with Crippen molar-refractivity contribution in [1.82, 2.24) is 20.3 Å². The predicted octanol–water partition coefficient (Wildman–Crippen LogP) is 1.24. The van der Waals surface area contributed by atoms with Gasteiger partial charge >= 0.3 is 5.97 Å². The zero-order chi connectivity index (χ0) is 30.5. The summed E-state index contributed by atoms with van der Waals surface area (Å²) in [6.45, 7) is -0.155. The summed E-state index contributed by atoms with van der Waals surface area (Å²) in [5.74, 6) is -2.55. The van der Waals surface area contributed by atoms with Crippen LogP contribution in [-0.4, -0.2) is 54.7 Å². The molecule has 0 saturated heterocycles. The molecular weight excluding hydrogens is 560 g/mol. The molecule has 2 aromatic carbocycles. The van der Waals surface area contributed by atoms with Gasteiger partial charge in [0.2, 0.25) is 21.8 Å². The second-order valence-electron chi connectivity index (χ2n) is 9.67. The van der Waals surface area contributed by atoms with E-state index in [-0.39, 0.29) is 31.8 Å². The first kappa shape index (κ1) is 31.9. The van der Waals surface area contributed by atoms with Crippen molar-refractivity contribution in [3.63, 3.8) is 0 Å². The smallest absolute Gasteiger partial charge is 0.307 e. The third kappa shape index (κ3) is 11.1. The molecule has 42 heavy (non-hydrogen) atoms. The van der Waals surface area contributed by atoms with Crippen LogP contribution in [0.3, 0.4) is 0 Å². The van der Waals surface area contributed by atoms with Crippen LogP contribution in [0.1, 0.15) is 40.7 Å². The monoisotopic (exact) mass is 594 g/mol. The van der Waals surface area contributed by atoms with Crippen molar-refractivity contribution in [3.8, 4) is 0 Å². The van der Waals surface area contributed by atoms with Crippen LogP contribution in [0.2, 0.25) is 0 Å². The molecule has 2 amide bonds. The first-order chi connectivity index (χ1) is 20.0. The molecule has 0 aliphatic carbocycles. The number of hydrogen-bond acceptors (Lipinski definition) is 7. The normalized spacial score (nSPS) is 11.8. The van der Waals surface area contributed by atoms with Gasteiger partial charge in [-0.1, -0.05) is 48.5 Å². The lowest BCUT2D eigenvalue weighted by molar-refractivity contribution is -0.136. The first-order valence-electron chi connectivity index (χ1n) is 13.2. The molecule has 0 bridgehead atoms. The number of carbonyl (C=O) groups is 3. The van der Waals surface area contributed by atoms with Gasteiger partial charge in [0.1, 0.15) is 11.9 Å². The van der Waals surface area contributed by atoms with Gasteiger partial charge in [-0.3, -0.25) is 24.8 Å². The van der Waals surface area contributed by atoms with E-state index in [0.717, 1.165) is 11.1 Å². The Balaban J connectivity index is 1.58. The second kappa shape index (κ2) is 15.4. The maximum Gasteiger partial charge on any atom is 0.307 e. The molecule has 7 N–H and O–H groups in total. The number of nitrogens with one attached hydrogen (secondary N) is 4. The van der Waals surface area contributed by atoms with E-state index >= 15 is 0 Å². The molecule has 0 unspecified atom stereocenters. The van der Waals surface area contributed by atoms with Crippen LogP contribution in [0, 0.1) is 5.41 Å². The number of amides is 2.